The van der Waals surface area contributed by atoms with Crippen LogP contribution in [0.2, 0.25) is 0 Å². The Morgan fingerprint density at radius 1 is 1.04 bits per heavy atom. The molecule has 1 aliphatic heterocycles. The van der Waals surface area contributed by atoms with Gasteiger partial charge in [-0.3, -0.25) is 14.5 Å². The van der Waals surface area contributed by atoms with E-state index in [-0.39, 0.29) is 30.5 Å². The van der Waals surface area contributed by atoms with E-state index in [1.807, 2.05) is 0 Å². The minimum absolute atomic E-state index is 0.0649. The number of benzene rings is 2. The van der Waals surface area contributed by atoms with Gasteiger partial charge in [0.25, 0.3) is 11.8 Å². The van der Waals surface area contributed by atoms with Crippen LogP contribution in [0.3, 0.4) is 0 Å². The molecule has 8 nitrogen and oxygen atoms in total. The zero-order valence-electron chi connectivity index (χ0n) is 14.6. The Morgan fingerprint density at radius 2 is 1.79 bits per heavy atom. The molecule has 0 bridgehead atoms. The van der Waals surface area contributed by atoms with Crippen LogP contribution < -0.4 is 10.6 Å². The molecule has 0 saturated heterocycles. The number of nitrogens with zero attached hydrogens (tertiary/aromatic N) is 1. The summed E-state index contributed by atoms with van der Waals surface area (Å²) in [4.78, 5) is 48.7. The van der Waals surface area contributed by atoms with Crippen molar-refractivity contribution in [3.8, 4) is 0 Å². The molecular weight excluding hydrogens is 430 g/mol. The minimum atomic E-state index is -1.09. The van der Waals surface area contributed by atoms with Crippen LogP contribution in [0.1, 0.15) is 37.5 Å². The normalized spacial score (nSPS) is 12.7. The van der Waals surface area contributed by atoms with E-state index in [0.29, 0.717) is 23.2 Å². The van der Waals surface area contributed by atoms with Crippen molar-refractivity contribution < 1.29 is 24.3 Å². The highest BCUT2D eigenvalue weighted by Crippen LogP contribution is 2.26. The van der Waals surface area contributed by atoms with Crippen LogP contribution in [0.4, 0.5) is 10.5 Å². The average Bonchev–Trinajstić information content (AvgIpc) is 2.89. The van der Waals surface area contributed by atoms with Crippen LogP contribution >= 0.6 is 15.9 Å². The van der Waals surface area contributed by atoms with Gasteiger partial charge >= 0.3 is 12.0 Å². The Labute approximate surface area is 168 Å². The first kappa shape index (κ1) is 19.6. The predicted molar refractivity (Wildman–Crippen MR) is 105 cm³/mol. The number of amides is 4. The summed E-state index contributed by atoms with van der Waals surface area (Å²) < 4.78 is 0.722. The van der Waals surface area contributed by atoms with Crippen molar-refractivity contribution in [1.82, 2.24) is 10.2 Å². The van der Waals surface area contributed by atoms with E-state index in [0.717, 1.165) is 9.37 Å². The number of rotatable bonds is 6. The number of nitrogens with one attached hydrogen (secondary N) is 2. The molecule has 0 radical (unpaired) electrons. The standard InChI is InChI=1S/C19H16BrN3O5/c20-12-5-6-14-15(10-12)17(25)23(16(14)24)8-2-7-21-19(28)22-13-4-1-3-11(9-13)18(26)27/h1,3-6,9-10H,2,7-8H2,(H,26,27)(H2,21,22,28). The molecule has 0 aromatic heterocycles. The molecule has 28 heavy (non-hydrogen) atoms. The van der Waals surface area contributed by atoms with E-state index in [1.165, 1.54) is 18.2 Å². The molecule has 0 saturated carbocycles. The first-order valence-electron chi connectivity index (χ1n) is 8.41. The quantitative estimate of drug-likeness (QED) is 0.466. The maximum atomic E-state index is 12.4. The third-order valence-electron chi connectivity index (χ3n) is 4.14. The van der Waals surface area contributed by atoms with Crippen molar-refractivity contribution in [2.24, 2.45) is 0 Å². The van der Waals surface area contributed by atoms with Crippen LogP contribution in [-0.4, -0.2) is 46.9 Å². The summed E-state index contributed by atoms with van der Waals surface area (Å²) in [5, 5.41) is 14.1. The lowest BCUT2D eigenvalue weighted by molar-refractivity contribution is 0.0649. The van der Waals surface area contributed by atoms with Gasteiger partial charge in [0.05, 0.1) is 16.7 Å². The van der Waals surface area contributed by atoms with Gasteiger partial charge in [-0.05, 0) is 42.8 Å². The second-order valence-corrected chi connectivity index (χ2v) is 6.99. The number of urea groups is 1. The average molecular weight is 446 g/mol. The summed E-state index contributed by atoms with van der Waals surface area (Å²) in [6, 6.07) is 10.3. The number of carbonyl (C=O) groups excluding carboxylic acids is 3. The zero-order chi connectivity index (χ0) is 20.3. The Kier molecular flexibility index (Phi) is 5.74. The number of fused-ring (bicyclic) bond motifs is 1. The van der Waals surface area contributed by atoms with E-state index >= 15 is 0 Å². The number of hydrogen-bond acceptors (Lipinski definition) is 4. The predicted octanol–water partition coefficient (Wildman–Crippen LogP) is 2.96. The number of halogens is 1. The van der Waals surface area contributed by atoms with E-state index in [9.17, 15) is 19.2 Å². The zero-order valence-corrected chi connectivity index (χ0v) is 16.2. The largest absolute Gasteiger partial charge is 0.478 e. The Balaban J connectivity index is 1.48. The van der Waals surface area contributed by atoms with Gasteiger partial charge < -0.3 is 15.7 Å². The van der Waals surface area contributed by atoms with Crippen LogP contribution in [0.5, 0.6) is 0 Å². The molecule has 4 amide bonds. The fourth-order valence-corrected chi connectivity index (χ4v) is 3.17. The monoisotopic (exact) mass is 445 g/mol. The molecule has 2 aromatic carbocycles. The highest BCUT2D eigenvalue weighted by atomic mass is 79.9. The van der Waals surface area contributed by atoms with Crippen molar-refractivity contribution in [2.75, 3.05) is 18.4 Å². The van der Waals surface area contributed by atoms with Crippen LogP contribution in [0.15, 0.2) is 46.9 Å². The molecule has 3 rings (SSSR count). The summed E-state index contributed by atoms with van der Waals surface area (Å²) in [6.45, 7) is 0.417. The summed E-state index contributed by atoms with van der Waals surface area (Å²) >= 11 is 3.28. The van der Waals surface area contributed by atoms with Crippen molar-refractivity contribution in [3.63, 3.8) is 0 Å². The number of anilines is 1. The number of imide groups is 1. The van der Waals surface area contributed by atoms with Gasteiger partial charge in [0.15, 0.2) is 0 Å². The minimum Gasteiger partial charge on any atom is -0.478 e. The lowest BCUT2D eigenvalue weighted by atomic mass is 10.1. The Morgan fingerprint density at radius 3 is 2.54 bits per heavy atom. The number of carboxylic acids is 1. The molecular formula is C19H16BrN3O5. The van der Waals surface area contributed by atoms with E-state index in [1.54, 1.807) is 24.3 Å². The Bertz CT molecular complexity index is 976. The van der Waals surface area contributed by atoms with Gasteiger partial charge in [-0.2, -0.15) is 0 Å². The maximum Gasteiger partial charge on any atom is 0.335 e. The van der Waals surface area contributed by atoms with E-state index < -0.39 is 12.0 Å². The number of carbonyl (C=O) groups is 4. The van der Waals surface area contributed by atoms with Crippen LogP contribution in [-0.2, 0) is 0 Å². The first-order chi connectivity index (χ1) is 13.4. The van der Waals surface area contributed by atoms with Gasteiger partial charge in [0.1, 0.15) is 0 Å². The van der Waals surface area contributed by atoms with Gasteiger partial charge in [0, 0.05) is 23.2 Å². The summed E-state index contributed by atoms with van der Waals surface area (Å²) in [6.07, 6.45) is 0.384. The smallest absolute Gasteiger partial charge is 0.335 e. The second kappa shape index (κ2) is 8.22. The van der Waals surface area contributed by atoms with Crippen LogP contribution in [0, 0.1) is 0 Å². The SMILES string of the molecule is O=C(NCCCN1C(=O)c2ccc(Br)cc2C1=O)Nc1cccc(C(=O)O)c1. The molecule has 9 heteroatoms. The lowest BCUT2D eigenvalue weighted by Gasteiger charge is -2.14. The molecule has 0 unspecified atom stereocenters. The van der Waals surface area contributed by atoms with Crippen molar-refractivity contribution in [1.29, 1.82) is 0 Å². The van der Waals surface area contributed by atoms with Gasteiger partial charge in [-0.1, -0.05) is 22.0 Å². The van der Waals surface area contributed by atoms with Crippen LogP contribution in [0.25, 0.3) is 0 Å². The van der Waals surface area contributed by atoms with Gasteiger partial charge in [0.2, 0.25) is 0 Å². The van der Waals surface area contributed by atoms with Crippen molar-refractivity contribution in [3.05, 3.63) is 63.6 Å². The fraction of sp³-hybridized carbons (Fsp3) is 0.158. The van der Waals surface area contributed by atoms with Gasteiger partial charge in [-0.25, -0.2) is 9.59 Å². The molecule has 0 fully saturated rings. The number of hydrogen-bond donors (Lipinski definition) is 3. The first-order valence-corrected chi connectivity index (χ1v) is 9.20. The van der Waals surface area contributed by atoms with E-state index in [2.05, 4.69) is 26.6 Å². The molecule has 1 aliphatic rings. The summed E-state index contributed by atoms with van der Waals surface area (Å²) in [5.41, 5.74) is 1.15. The number of aromatic carboxylic acids is 1. The highest BCUT2D eigenvalue weighted by Gasteiger charge is 2.34. The lowest BCUT2D eigenvalue weighted by Crippen LogP contribution is -2.35. The summed E-state index contributed by atoms with van der Waals surface area (Å²) in [5.74, 6) is -1.78. The maximum absolute atomic E-state index is 12.4. The van der Waals surface area contributed by atoms with Crippen molar-refractivity contribution >= 4 is 45.4 Å². The molecule has 3 N–H and O–H groups in total. The molecule has 0 spiro atoms. The third-order valence-corrected chi connectivity index (χ3v) is 4.64. The topological polar surface area (TPSA) is 116 Å². The second-order valence-electron chi connectivity index (χ2n) is 6.07. The highest BCUT2D eigenvalue weighted by molar-refractivity contribution is 9.10. The van der Waals surface area contributed by atoms with E-state index in [4.69, 9.17) is 5.11 Å². The molecule has 144 valence electrons. The summed E-state index contributed by atoms with van der Waals surface area (Å²) in [7, 11) is 0. The third kappa shape index (κ3) is 4.20. The molecule has 0 atom stereocenters. The van der Waals surface area contributed by atoms with Gasteiger partial charge in [-0.15, -0.1) is 0 Å². The molecule has 0 aliphatic carbocycles. The number of carboxylic acid groups (broad SMARTS) is 1. The Hall–Kier alpha value is -3.20. The van der Waals surface area contributed by atoms with Crippen molar-refractivity contribution in [2.45, 2.75) is 6.42 Å². The fourth-order valence-electron chi connectivity index (χ4n) is 2.81. The molecule has 2 aromatic rings. The molecule has 1 heterocycles.